The fraction of sp³-hybridized carbons (Fsp3) is 0.350. The zero-order valence-electron chi connectivity index (χ0n) is 14.4. The summed E-state index contributed by atoms with van der Waals surface area (Å²) in [6.45, 7) is 4.52. The number of hydrogen-bond donors (Lipinski definition) is 2. The molecular formula is C20H23ClN2OS. The molecule has 0 fully saturated rings. The van der Waals surface area contributed by atoms with Crippen molar-refractivity contribution >= 4 is 28.9 Å². The van der Waals surface area contributed by atoms with E-state index in [1.807, 2.05) is 6.07 Å². The number of nitrogens with one attached hydrogen (secondary N) is 1. The van der Waals surface area contributed by atoms with Crippen LogP contribution in [0.2, 0.25) is 5.02 Å². The van der Waals surface area contributed by atoms with Crippen molar-refractivity contribution < 1.29 is 5.11 Å². The number of hydrogen-bond acceptors (Lipinski definition) is 2. The van der Waals surface area contributed by atoms with Gasteiger partial charge in [-0.25, -0.2) is 0 Å². The van der Waals surface area contributed by atoms with Gasteiger partial charge in [0, 0.05) is 19.6 Å². The molecule has 0 saturated carbocycles. The van der Waals surface area contributed by atoms with Gasteiger partial charge in [-0.3, -0.25) is 0 Å². The van der Waals surface area contributed by atoms with Crippen LogP contribution in [0.1, 0.15) is 28.7 Å². The Morgan fingerprint density at radius 3 is 2.76 bits per heavy atom. The van der Waals surface area contributed by atoms with Crippen molar-refractivity contribution in [2.75, 3.05) is 13.1 Å². The van der Waals surface area contributed by atoms with Crippen LogP contribution in [0.25, 0.3) is 0 Å². The maximum absolute atomic E-state index is 9.88. The Morgan fingerprint density at radius 1 is 1.24 bits per heavy atom. The third-order valence-electron chi connectivity index (χ3n) is 4.60. The zero-order chi connectivity index (χ0) is 17.8. The standard InChI is InChI=1S/C20H23ClN2OS/c1-14-4-6-15(7-5-14)8-9-22-20(25)23-10-2-3-16-11-18(21)19(24)12-17(16)13-23/h4-7,11-12,24H,2-3,8-10,13H2,1H3,(H,22,25). The van der Waals surface area contributed by atoms with E-state index in [0.29, 0.717) is 11.6 Å². The molecule has 0 amide bonds. The van der Waals surface area contributed by atoms with Crippen molar-refractivity contribution in [1.29, 1.82) is 0 Å². The Hall–Kier alpha value is -1.78. The zero-order valence-corrected chi connectivity index (χ0v) is 16.0. The van der Waals surface area contributed by atoms with Crippen molar-refractivity contribution in [1.82, 2.24) is 10.2 Å². The highest BCUT2D eigenvalue weighted by molar-refractivity contribution is 7.80. The predicted molar refractivity (Wildman–Crippen MR) is 107 cm³/mol. The van der Waals surface area contributed by atoms with Crippen molar-refractivity contribution in [2.45, 2.75) is 32.7 Å². The summed E-state index contributed by atoms with van der Waals surface area (Å²) < 4.78 is 0. The van der Waals surface area contributed by atoms with Crippen molar-refractivity contribution in [2.24, 2.45) is 0 Å². The summed E-state index contributed by atoms with van der Waals surface area (Å²) in [5.74, 6) is 0.139. The molecule has 5 heteroatoms. The largest absolute Gasteiger partial charge is 0.506 e. The number of phenols is 1. The van der Waals surface area contributed by atoms with E-state index < -0.39 is 0 Å². The maximum atomic E-state index is 9.88. The third kappa shape index (κ3) is 4.65. The molecule has 0 aromatic heterocycles. The second kappa shape index (κ2) is 8.07. The minimum atomic E-state index is 0.139. The molecule has 1 aliphatic rings. The van der Waals surface area contributed by atoms with Crippen LogP contribution in [0.3, 0.4) is 0 Å². The van der Waals surface area contributed by atoms with Crippen LogP contribution in [0, 0.1) is 6.92 Å². The highest BCUT2D eigenvalue weighted by Crippen LogP contribution is 2.30. The van der Waals surface area contributed by atoms with Crippen molar-refractivity contribution in [3.05, 3.63) is 63.7 Å². The number of rotatable bonds is 3. The van der Waals surface area contributed by atoms with Crippen LogP contribution in [0.4, 0.5) is 0 Å². The van der Waals surface area contributed by atoms with E-state index in [2.05, 4.69) is 41.4 Å². The summed E-state index contributed by atoms with van der Waals surface area (Å²) >= 11 is 11.6. The predicted octanol–water partition coefficient (Wildman–Crippen LogP) is 4.22. The fourth-order valence-corrected chi connectivity index (χ4v) is 3.57. The molecule has 0 radical (unpaired) electrons. The number of thiocarbonyl (C=S) groups is 1. The molecule has 0 atom stereocenters. The van der Waals surface area contributed by atoms with E-state index in [-0.39, 0.29) is 5.75 Å². The van der Waals surface area contributed by atoms with Gasteiger partial charge in [0.2, 0.25) is 0 Å². The molecule has 1 heterocycles. The van der Waals surface area contributed by atoms with Gasteiger partial charge in [-0.2, -0.15) is 0 Å². The smallest absolute Gasteiger partial charge is 0.169 e. The lowest BCUT2D eigenvalue weighted by Gasteiger charge is -2.24. The van der Waals surface area contributed by atoms with Gasteiger partial charge in [0.15, 0.2) is 5.11 Å². The molecule has 2 aromatic carbocycles. The number of fused-ring (bicyclic) bond motifs is 1. The number of phenolic OH excluding ortho intramolecular Hbond substituents is 1. The first kappa shape index (κ1) is 18.0. The molecule has 2 aromatic rings. The quantitative estimate of drug-likeness (QED) is 0.788. The summed E-state index contributed by atoms with van der Waals surface area (Å²) in [5, 5.41) is 14.4. The Kier molecular flexibility index (Phi) is 5.82. The average Bonchev–Trinajstić information content (AvgIpc) is 2.79. The molecular weight excluding hydrogens is 352 g/mol. The number of nitrogens with zero attached hydrogens (tertiary/aromatic N) is 1. The molecule has 3 nitrogen and oxygen atoms in total. The second-order valence-electron chi connectivity index (χ2n) is 6.56. The van der Waals surface area contributed by atoms with E-state index in [1.54, 1.807) is 6.07 Å². The van der Waals surface area contributed by atoms with Crippen LogP contribution < -0.4 is 5.32 Å². The molecule has 0 spiro atoms. The van der Waals surface area contributed by atoms with Gasteiger partial charge in [0.05, 0.1) is 5.02 Å². The first-order chi connectivity index (χ1) is 12.0. The normalized spacial score (nSPS) is 13.9. The summed E-state index contributed by atoms with van der Waals surface area (Å²) in [5.41, 5.74) is 4.88. The van der Waals surface area contributed by atoms with Gasteiger partial charge < -0.3 is 15.3 Å². The average molecular weight is 375 g/mol. The van der Waals surface area contributed by atoms with Crippen LogP contribution in [-0.4, -0.2) is 28.2 Å². The molecule has 2 N–H and O–H groups in total. The lowest BCUT2D eigenvalue weighted by molar-refractivity contribution is 0.409. The molecule has 1 aliphatic heterocycles. The van der Waals surface area contributed by atoms with Crippen molar-refractivity contribution in [3.63, 3.8) is 0 Å². The lowest BCUT2D eigenvalue weighted by Crippen LogP contribution is -2.40. The highest BCUT2D eigenvalue weighted by atomic mass is 35.5. The fourth-order valence-electron chi connectivity index (χ4n) is 3.12. The number of halogens is 1. The summed E-state index contributed by atoms with van der Waals surface area (Å²) in [7, 11) is 0. The molecule has 0 unspecified atom stereocenters. The van der Waals surface area contributed by atoms with Crippen LogP contribution >= 0.6 is 23.8 Å². The molecule has 132 valence electrons. The van der Waals surface area contributed by atoms with Crippen molar-refractivity contribution in [3.8, 4) is 5.75 Å². The van der Waals surface area contributed by atoms with E-state index >= 15 is 0 Å². The number of aromatic hydroxyl groups is 1. The van der Waals surface area contributed by atoms with Gasteiger partial charge in [-0.05, 0) is 67.2 Å². The lowest BCUT2D eigenvalue weighted by atomic mass is 10.0. The van der Waals surface area contributed by atoms with E-state index in [9.17, 15) is 5.11 Å². The number of benzene rings is 2. The van der Waals surface area contributed by atoms with Gasteiger partial charge in [-0.15, -0.1) is 0 Å². The third-order valence-corrected chi connectivity index (χ3v) is 5.31. The first-order valence-corrected chi connectivity index (χ1v) is 9.40. The van der Waals surface area contributed by atoms with Gasteiger partial charge >= 0.3 is 0 Å². The van der Waals surface area contributed by atoms with E-state index in [4.69, 9.17) is 23.8 Å². The van der Waals surface area contributed by atoms with Crippen LogP contribution in [-0.2, 0) is 19.4 Å². The molecule has 0 aliphatic carbocycles. The minimum absolute atomic E-state index is 0.139. The first-order valence-electron chi connectivity index (χ1n) is 8.61. The van der Waals surface area contributed by atoms with Gasteiger partial charge in [0.25, 0.3) is 0 Å². The topological polar surface area (TPSA) is 35.5 Å². The Labute approximate surface area is 159 Å². The SMILES string of the molecule is Cc1ccc(CCNC(=S)N2CCCc3cc(Cl)c(O)cc3C2)cc1. The molecule has 25 heavy (non-hydrogen) atoms. The van der Waals surface area contributed by atoms with Crippen LogP contribution in [0.15, 0.2) is 36.4 Å². The minimum Gasteiger partial charge on any atom is -0.506 e. The Morgan fingerprint density at radius 2 is 2.00 bits per heavy atom. The Balaban J connectivity index is 1.58. The highest BCUT2D eigenvalue weighted by Gasteiger charge is 2.18. The number of aryl methyl sites for hydroxylation is 2. The van der Waals surface area contributed by atoms with Gasteiger partial charge in [0.1, 0.15) is 5.75 Å². The molecule has 3 rings (SSSR count). The van der Waals surface area contributed by atoms with Crippen LogP contribution in [0.5, 0.6) is 5.75 Å². The molecule has 0 saturated heterocycles. The monoisotopic (exact) mass is 374 g/mol. The molecule has 0 bridgehead atoms. The Bertz CT molecular complexity index is 761. The summed E-state index contributed by atoms with van der Waals surface area (Å²) in [4.78, 5) is 2.17. The summed E-state index contributed by atoms with van der Waals surface area (Å²) in [6, 6.07) is 12.2. The van der Waals surface area contributed by atoms with E-state index in [1.165, 1.54) is 16.7 Å². The summed E-state index contributed by atoms with van der Waals surface area (Å²) in [6.07, 6.45) is 2.92. The van der Waals surface area contributed by atoms with Gasteiger partial charge in [-0.1, -0.05) is 41.4 Å². The second-order valence-corrected chi connectivity index (χ2v) is 7.36. The maximum Gasteiger partial charge on any atom is 0.169 e. The van der Waals surface area contributed by atoms with E-state index in [0.717, 1.165) is 43.0 Å².